The molecule has 0 aromatic carbocycles. The van der Waals surface area contributed by atoms with Crippen LogP contribution in [0, 0.1) is 0 Å². The summed E-state index contributed by atoms with van der Waals surface area (Å²) in [5.74, 6) is 0. The summed E-state index contributed by atoms with van der Waals surface area (Å²) in [4.78, 5) is 4.15. The van der Waals surface area contributed by atoms with E-state index in [1.165, 1.54) is 0 Å². The average molecular weight is 226 g/mol. The van der Waals surface area contributed by atoms with Gasteiger partial charge >= 0.3 is 7.25 Å². The van der Waals surface area contributed by atoms with Gasteiger partial charge in [-0.15, -0.1) is 0 Å². The van der Waals surface area contributed by atoms with E-state index in [0.717, 1.165) is 13.2 Å². The molecule has 0 unspecified atom stereocenters. The molecule has 3 nitrogen and oxygen atoms in total. The number of nitrogens with zero attached hydrogens (tertiary/aromatic N) is 2. The van der Waals surface area contributed by atoms with E-state index in [4.69, 9.17) is 5.73 Å². The van der Waals surface area contributed by atoms with Gasteiger partial charge in [0.15, 0.2) is 0 Å². The Morgan fingerprint density at radius 1 is 1.33 bits per heavy atom. The van der Waals surface area contributed by atoms with E-state index in [1.54, 1.807) is 6.20 Å². The minimum Gasteiger partial charge on any atom is -0.418 e. The molecule has 15 heavy (non-hydrogen) atoms. The highest BCUT2D eigenvalue weighted by Crippen LogP contribution is 2.06. The standard InChI is InChI=1S/C7H13N3.BF4/c1-2-9-5-6-10(7-9)4-3-8;2-1(3,4)5/h2,5-6H,1,3-4,7-8H2;/q;-1. The van der Waals surface area contributed by atoms with Gasteiger partial charge in [-0.25, -0.2) is 0 Å². The molecule has 88 valence electrons. The summed E-state index contributed by atoms with van der Waals surface area (Å²) in [7, 11) is -6.00. The van der Waals surface area contributed by atoms with Crippen LogP contribution in [0.1, 0.15) is 0 Å². The van der Waals surface area contributed by atoms with E-state index in [0.29, 0.717) is 6.54 Å². The molecule has 0 saturated heterocycles. The summed E-state index contributed by atoms with van der Waals surface area (Å²) in [6.45, 7) is 6.16. The number of hydrogen-bond acceptors (Lipinski definition) is 3. The zero-order chi connectivity index (χ0) is 11.9. The molecule has 1 aliphatic rings. The van der Waals surface area contributed by atoms with Crippen molar-refractivity contribution in [1.29, 1.82) is 0 Å². The zero-order valence-electron chi connectivity index (χ0n) is 8.12. The summed E-state index contributed by atoms with van der Waals surface area (Å²) >= 11 is 0. The van der Waals surface area contributed by atoms with Crippen LogP contribution >= 0.6 is 0 Å². The largest absolute Gasteiger partial charge is 0.673 e. The molecule has 1 aliphatic heterocycles. The predicted octanol–water partition coefficient (Wildman–Crippen LogP) is 1.43. The molecule has 0 bridgehead atoms. The third kappa shape index (κ3) is 9.14. The van der Waals surface area contributed by atoms with Crippen LogP contribution in [0.5, 0.6) is 0 Å². The first-order valence-electron chi connectivity index (χ1n) is 4.25. The van der Waals surface area contributed by atoms with Crippen molar-refractivity contribution in [2.24, 2.45) is 5.73 Å². The molecule has 0 amide bonds. The molecule has 0 aliphatic carbocycles. The van der Waals surface area contributed by atoms with Crippen LogP contribution in [0.15, 0.2) is 25.2 Å². The van der Waals surface area contributed by atoms with Gasteiger partial charge in [0.25, 0.3) is 0 Å². The molecule has 0 fully saturated rings. The number of nitrogens with two attached hydrogens (primary N) is 1. The molecule has 1 rings (SSSR count). The van der Waals surface area contributed by atoms with Crippen molar-refractivity contribution in [2.75, 3.05) is 19.8 Å². The van der Waals surface area contributed by atoms with Gasteiger partial charge in [-0.3, -0.25) is 0 Å². The maximum atomic E-state index is 9.75. The Hall–Kier alpha value is -1.18. The van der Waals surface area contributed by atoms with Crippen molar-refractivity contribution in [3.8, 4) is 0 Å². The minimum absolute atomic E-state index is 0.704. The van der Waals surface area contributed by atoms with Gasteiger partial charge in [-0.2, -0.15) is 0 Å². The monoisotopic (exact) mass is 226 g/mol. The van der Waals surface area contributed by atoms with Gasteiger partial charge in [0.1, 0.15) is 0 Å². The Kier molecular flexibility index (Phi) is 5.84. The number of halogens is 4. The second-order valence-electron chi connectivity index (χ2n) is 2.73. The predicted molar refractivity (Wildman–Crippen MR) is 52.0 cm³/mol. The average Bonchev–Trinajstić information content (AvgIpc) is 2.50. The molecule has 0 aromatic heterocycles. The van der Waals surface area contributed by atoms with Crippen molar-refractivity contribution < 1.29 is 17.3 Å². The quantitative estimate of drug-likeness (QED) is 0.583. The summed E-state index contributed by atoms with van der Waals surface area (Å²) in [6.07, 6.45) is 5.81. The molecule has 1 heterocycles. The van der Waals surface area contributed by atoms with Crippen LogP contribution in [0.2, 0.25) is 0 Å². The van der Waals surface area contributed by atoms with Crippen molar-refractivity contribution in [3.63, 3.8) is 0 Å². The minimum atomic E-state index is -6.00. The maximum absolute atomic E-state index is 9.75. The van der Waals surface area contributed by atoms with Crippen LogP contribution in [0.4, 0.5) is 17.3 Å². The Morgan fingerprint density at radius 2 is 1.87 bits per heavy atom. The molecule has 2 N–H and O–H groups in total. The van der Waals surface area contributed by atoms with E-state index in [-0.39, 0.29) is 0 Å². The van der Waals surface area contributed by atoms with E-state index in [1.807, 2.05) is 17.3 Å². The molecule has 0 aromatic rings. The summed E-state index contributed by atoms with van der Waals surface area (Å²) in [6, 6.07) is 0. The van der Waals surface area contributed by atoms with Crippen molar-refractivity contribution >= 4 is 7.25 Å². The fourth-order valence-electron chi connectivity index (χ4n) is 0.914. The van der Waals surface area contributed by atoms with Gasteiger partial charge in [0.05, 0.1) is 6.67 Å². The normalized spacial score (nSPS) is 15.0. The molecular weight excluding hydrogens is 213 g/mol. The lowest BCUT2D eigenvalue weighted by Crippen LogP contribution is -2.26. The highest BCUT2D eigenvalue weighted by molar-refractivity contribution is 6.50. The number of hydrogen-bond donors (Lipinski definition) is 1. The smallest absolute Gasteiger partial charge is 0.418 e. The first kappa shape index (κ1) is 13.8. The molecule has 0 radical (unpaired) electrons. The molecule has 8 heteroatoms. The van der Waals surface area contributed by atoms with Gasteiger partial charge in [-0.05, 0) is 6.20 Å². The molecular formula is C7H13BF4N3-. The Labute approximate surface area is 85.9 Å². The van der Waals surface area contributed by atoms with Gasteiger partial charge in [0, 0.05) is 25.5 Å². The lowest BCUT2D eigenvalue weighted by Gasteiger charge is -2.16. The molecule has 0 spiro atoms. The summed E-state index contributed by atoms with van der Waals surface area (Å²) in [5.41, 5.74) is 5.38. The SMILES string of the molecule is C=CN1C=CN(CCN)C1.F[B-](F)(F)F. The summed E-state index contributed by atoms with van der Waals surface area (Å²) in [5, 5.41) is 0. The fourth-order valence-corrected chi connectivity index (χ4v) is 0.914. The van der Waals surface area contributed by atoms with Crippen molar-refractivity contribution in [2.45, 2.75) is 0 Å². The highest BCUT2D eigenvalue weighted by Gasteiger charge is 2.20. The highest BCUT2D eigenvalue weighted by atomic mass is 19.5. The Balaban J connectivity index is 0.000000336. The molecule has 0 atom stereocenters. The maximum Gasteiger partial charge on any atom is 0.673 e. The number of rotatable bonds is 3. The van der Waals surface area contributed by atoms with Crippen LogP contribution in [0.3, 0.4) is 0 Å². The van der Waals surface area contributed by atoms with Crippen molar-refractivity contribution in [1.82, 2.24) is 9.80 Å². The first-order valence-corrected chi connectivity index (χ1v) is 4.25. The first-order chi connectivity index (χ1) is 6.86. The Morgan fingerprint density at radius 3 is 2.20 bits per heavy atom. The van der Waals surface area contributed by atoms with E-state index in [2.05, 4.69) is 11.5 Å². The Bertz CT molecular complexity index is 213. The fraction of sp³-hybridized carbons (Fsp3) is 0.429. The third-order valence-corrected chi connectivity index (χ3v) is 1.46. The van der Waals surface area contributed by atoms with Crippen LogP contribution in [0.25, 0.3) is 0 Å². The van der Waals surface area contributed by atoms with E-state index in [9.17, 15) is 17.3 Å². The van der Waals surface area contributed by atoms with E-state index < -0.39 is 7.25 Å². The molecule has 0 saturated carbocycles. The second kappa shape index (κ2) is 6.33. The van der Waals surface area contributed by atoms with Crippen LogP contribution < -0.4 is 5.73 Å². The van der Waals surface area contributed by atoms with E-state index >= 15 is 0 Å². The summed E-state index contributed by atoms with van der Waals surface area (Å²) < 4.78 is 39.0. The lowest BCUT2D eigenvalue weighted by molar-refractivity contribution is 0.321. The second-order valence-corrected chi connectivity index (χ2v) is 2.73. The van der Waals surface area contributed by atoms with Gasteiger partial charge < -0.3 is 32.8 Å². The van der Waals surface area contributed by atoms with Gasteiger partial charge in [0.2, 0.25) is 0 Å². The van der Waals surface area contributed by atoms with Crippen molar-refractivity contribution in [3.05, 3.63) is 25.2 Å². The lowest BCUT2D eigenvalue weighted by atomic mass is 10.3. The van der Waals surface area contributed by atoms with Crippen LogP contribution in [-0.2, 0) is 0 Å². The topological polar surface area (TPSA) is 32.5 Å². The zero-order valence-corrected chi connectivity index (χ0v) is 8.12. The van der Waals surface area contributed by atoms with Gasteiger partial charge in [-0.1, -0.05) is 6.58 Å². The van der Waals surface area contributed by atoms with Crippen LogP contribution in [-0.4, -0.2) is 36.8 Å². The third-order valence-electron chi connectivity index (χ3n) is 1.46.